The van der Waals surface area contributed by atoms with Gasteiger partial charge in [0, 0.05) is 16.9 Å². The van der Waals surface area contributed by atoms with E-state index >= 15 is 0 Å². The monoisotopic (exact) mass is 939 g/mol. The van der Waals surface area contributed by atoms with Crippen molar-refractivity contribution in [1.29, 1.82) is 0 Å². The maximum atomic E-state index is 2.54. The molecule has 13 aromatic rings. The third kappa shape index (κ3) is 7.08. The van der Waals surface area contributed by atoms with Gasteiger partial charge in [-0.15, -0.1) is 0 Å². The van der Waals surface area contributed by atoms with Crippen LogP contribution in [-0.2, 0) is 5.41 Å². The summed E-state index contributed by atoms with van der Waals surface area (Å²) in [5, 5.41) is 7.56. The Bertz CT molecular complexity index is 4110. The van der Waals surface area contributed by atoms with E-state index in [0.29, 0.717) is 0 Å². The Morgan fingerprint density at radius 1 is 0.216 bits per heavy atom. The van der Waals surface area contributed by atoms with Gasteiger partial charge in [0.15, 0.2) is 0 Å². The molecular weight excluding hydrogens is 891 g/mol. The van der Waals surface area contributed by atoms with Gasteiger partial charge in [0.1, 0.15) is 0 Å². The Balaban J connectivity index is 1.05. The maximum absolute atomic E-state index is 2.54. The van der Waals surface area contributed by atoms with Crippen LogP contribution in [0.25, 0.3) is 88.0 Å². The molecule has 0 spiro atoms. The van der Waals surface area contributed by atoms with E-state index in [4.69, 9.17) is 0 Å². The van der Waals surface area contributed by atoms with Gasteiger partial charge in [-0.05, 0) is 147 Å². The summed E-state index contributed by atoms with van der Waals surface area (Å²) in [5.41, 5.74) is 19.6. The summed E-state index contributed by atoms with van der Waals surface area (Å²) in [5.74, 6) is 0. The molecule has 0 aliphatic heterocycles. The number of hydrogen-bond acceptors (Lipinski definition) is 1. The Morgan fingerprint density at radius 3 is 1.07 bits per heavy atom. The maximum Gasteiger partial charge on any atom is 0.0714 e. The molecule has 1 heteroatoms. The van der Waals surface area contributed by atoms with Gasteiger partial charge in [-0.1, -0.05) is 255 Å². The molecule has 0 unspecified atom stereocenters. The molecule has 0 atom stereocenters. The van der Waals surface area contributed by atoms with E-state index < -0.39 is 5.41 Å². The lowest BCUT2D eigenvalue weighted by Crippen LogP contribution is -2.28. The lowest BCUT2D eigenvalue weighted by Gasteiger charge is -2.35. The minimum Gasteiger partial charge on any atom is -0.310 e. The third-order valence-corrected chi connectivity index (χ3v) is 15.6. The summed E-state index contributed by atoms with van der Waals surface area (Å²) >= 11 is 0. The van der Waals surface area contributed by atoms with Gasteiger partial charge in [0.05, 0.1) is 11.1 Å². The highest BCUT2D eigenvalue weighted by Gasteiger charge is 2.47. The average molecular weight is 940 g/mol. The van der Waals surface area contributed by atoms with Gasteiger partial charge in [-0.3, -0.25) is 0 Å². The average Bonchev–Trinajstić information content (AvgIpc) is 3.85. The van der Waals surface area contributed by atoms with Crippen LogP contribution in [0.4, 0.5) is 17.1 Å². The van der Waals surface area contributed by atoms with Crippen LogP contribution >= 0.6 is 0 Å². The smallest absolute Gasteiger partial charge is 0.0714 e. The molecule has 0 saturated heterocycles. The fraction of sp³-hybridized carbons (Fsp3) is 0.0137. The fourth-order valence-electron chi connectivity index (χ4n) is 12.1. The Morgan fingerprint density at radius 2 is 0.581 bits per heavy atom. The van der Waals surface area contributed by atoms with Gasteiger partial charge in [0.25, 0.3) is 0 Å². The van der Waals surface area contributed by atoms with Crippen LogP contribution in [0.2, 0.25) is 0 Å². The number of anilines is 3. The molecule has 0 fully saturated rings. The Hall–Kier alpha value is -9.56. The summed E-state index contributed by atoms with van der Waals surface area (Å²) in [6, 6.07) is 110. The first kappa shape index (κ1) is 43.2. The fourth-order valence-corrected chi connectivity index (χ4v) is 12.1. The van der Waals surface area contributed by atoms with Crippen molar-refractivity contribution in [1.82, 2.24) is 0 Å². The lowest BCUT2D eigenvalue weighted by atomic mass is 9.67. The van der Waals surface area contributed by atoms with Crippen molar-refractivity contribution in [3.8, 4) is 55.6 Å². The van der Waals surface area contributed by atoms with Crippen LogP contribution < -0.4 is 4.90 Å². The molecule has 0 heterocycles. The van der Waals surface area contributed by atoms with Crippen LogP contribution in [0.1, 0.15) is 22.3 Å². The summed E-state index contributed by atoms with van der Waals surface area (Å²) in [4.78, 5) is 2.50. The normalized spacial score (nSPS) is 12.4. The van der Waals surface area contributed by atoms with Crippen LogP contribution in [0.5, 0.6) is 0 Å². The highest BCUT2D eigenvalue weighted by atomic mass is 15.1. The first-order valence-electron chi connectivity index (χ1n) is 25.7. The molecule has 1 aliphatic rings. The number of rotatable bonds is 9. The molecule has 346 valence electrons. The molecule has 13 aromatic carbocycles. The Labute approximate surface area is 432 Å². The van der Waals surface area contributed by atoms with Gasteiger partial charge >= 0.3 is 0 Å². The second-order valence-electron chi connectivity index (χ2n) is 19.5. The van der Waals surface area contributed by atoms with E-state index in [1.165, 1.54) is 93.5 Å². The summed E-state index contributed by atoms with van der Waals surface area (Å²) in [6.07, 6.45) is 0. The minimum atomic E-state index is -0.598. The van der Waals surface area contributed by atoms with Crippen LogP contribution in [-0.4, -0.2) is 0 Å². The van der Waals surface area contributed by atoms with E-state index in [1.54, 1.807) is 0 Å². The first-order valence-corrected chi connectivity index (χ1v) is 25.7. The van der Waals surface area contributed by atoms with Crippen LogP contribution in [0.15, 0.2) is 297 Å². The second kappa shape index (κ2) is 17.9. The standard InChI is InChI=1S/C73H49N/c1-5-19-50(20-6-1)52-33-35-53(36-34-52)55-39-44-60(45-40-55)74(59-42-37-54(38-43-59)51-21-7-2-8-22-51)72-49-71-69(66-31-17-18-32-70(66)73(71,57-23-9-3-10-24-57)58-25-11-4-12-26-58)48-67(72)56-41-46-65-63-29-14-13-27-61(63)62-28-15-16-30-64(62)68(65)47-56/h1-49H. The molecule has 0 radical (unpaired) electrons. The van der Waals surface area contributed by atoms with Crippen molar-refractivity contribution in [3.63, 3.8) is 0 Å². The summed E-state index contributed by atoms with van der Waals surface area (Å²) in [7, 11) is 0. The van der Waals surface area contributed by atoms with Crippen molar-refractivity contribution >= 4 is 49.4 Å². The number of benzene rings is 13. The van der Waals surface area contributed by atoms with E-state index in [-0.39, 0.29) is 0 Å². The van der Waals surface area contributed by atoms with E-state index in [1.807, 2.05) is 0 Å². The zero-order valence-corrected chi connectivity index (χ0v) is 40.7. The molecule has 14 rings (SSSR count). The predicted molar refractivity (Wildman–Crippen MR) is 313 cm³/mol. The van der Waals surface area contributed by atoms with Crippen molar-refractivity contribution < 1.29 is 0 Å². The van der Waals surface area contributed by atoms with Gasteiger partial charge in [0.2, 0.25) is 0 Å². The van der Waals surface area contributed by atoms with Gasteiger partial charge in [-0.25, -0.2) is 0 Å². The molecule has 0 saturated carbocycles. The van der Waals surface area contributed by atoms with E-state index in [2.05, 4.69) is 302 Å². The van der Waals surface area contributed by atoms with E-state index in [9.17, 15) is 0 Å². The van der Waals surface area contributed by atoms with Crippen molar-refractivity contribution in [2.45, 2.75) is 5.41 Å². The number of hydrogen-bond donors (Lipinski definition) is 0. The van der Waals surface area contributed by atoms with Gasteiger partial charge < -0.3 is 4.90 Å². The number of fused-ring (bicyclic) bond motifs is 9. The van der Waals surface area contributed by atoms with Crippen LogP contribution in [0.3, 0.4) is 0 Å². The van der Waals surface area contributed by atoms with Crippen molar-refractivity contribution in [2.75, 3.05) is 4.90 Å². The van der Waals surface area contributed by atoms with Gasteiger partial charge in [-0.2, -0.15) is 0 Å². The molecule has 0 N–H and O–H groups in total. The first-order chi connectivity index (χ1) is 36.7. The summed E-state index contributed by atoms with van der Waals surface area (Å²) in [6.45, 7) is 0. The topological polar surface area (TPSA) is 3.24 Å². The molecular formula is C73H49N. The van der Waals surface area contributed by atoms with Crippen molar-refractivity contribution in [3.05, 3.63) is 320 Å². The second-order valence-corrected chi connectivity index (χ2v) is 19.5. The third-order valence-electron chi connectivity index (χ3n) is 15.6. The molecule has 1 aliphatic carbocycles. The zero-order valence-electron chi connectivity index (χ0n) is 40.7. The predicted octanol–water partition coefficient (Wildman–Crippen LogP) is 19.6. The minimum absolute atomic E-state index is 0.598. The zero-order chi connectivity index (χ0) is 49.0. The largest absolute Gasteiger partial charge is 0.310 e. The van der Waals surface area contributed by atoms with Crippen LogP contribution in [0, 0.1) is 0 Å². The highest BCUT2D eigenvalue weighted by molar-refractivity contribution is 6.26. The molecule has 1 nitrogen and oxygen atoms in total. The summed E-state index contributed by atoms with van der Waals surface area (Å²) < 4.78 is 0. The lowest BCUT2D eigenvalue weighted by molar-refractivity contribution is 0.768. The molecule has 0 aromatic heterocycles. The molecule has 0 bridgehead atoms. The van der Waals surface area contributed by atoms with Crippen molar-refractivity contribution in [2.24, 2.45) is 0 Å². The number of nitrogens with zero attached hydrogens (tertiary/aromatic N) is 1. The molecule has 74 heavy (non-hydrogen) atoms. The molecule has 0 amide bonds. The van der Waals surface area contributed by atoms with E-state index in [0.717, 1.165) is 33.8 Å². The highest BCUT2D eigenvalue weighted by Crippen LogP contribution is 2.59. The SMILES string of the molecule is c1ccc(-c2ccc(-c3ccc(N(c4ccc(-c5ccccc5)cc4)c4cc5c(cc4-c4ccc6c7ccccc7c7ccccc7c6c4)-c4ccccc4C5(c4ccccc4)c4ccccc4)cc3)cc2)cc1. The Kier molecular flexibility index (Phi) is 10.5. The quantitative estimate of drug-likeness (QED) is 0.130.